The quantitative estimate of drug-likeness (QED) is 0.676. The van der Waals surface area contributed by atoms with E-state index in [1.807, 2.05) is 0 Å². The van der Waals surface area contributed by atoms with Crippen molar-refractivity contribution in [3.63, 3.8) is 0 Å². The number of carbonyl (C=O) groups is 3. The van der Waals surface area contributed by atoms with E-state index in [1.54, 1.807) is 59.5 Å². The Labute approximate surface area is 148 Å². The average molecular weight is 353 g/mol. The van der Waals surface area contributed by atoms with Crippen molar-refractivity contribution in [1.82, 2.24) is 15.1 Å². The van der Waals surface area contributed by atoms with Gasteiger partial charge in [0.2, 0.25) is 5.76 Å². The zero-order chi connectivity index (χ0) is 18.4. The molecule has 0 radical (unpaired) electrons. The number of hydrogen-bond donors (Lipinski definition) is 1. The Morgan fingerprint density at radius 2 is 1.88 bits per heavy atom. The molecule has 2 aromatic heterocycles. The molecule has 0 aliphatic carbocycles. The molecule has 3 aromatic rings. The van der Waals surface area contributed by atoms with Crippen LogP contribution in [0.5, 0.6) is 0 Å². The van der Waals surface area contributed by atoms with Crippen LogP contribution in [0.25, 0.3) is 0 Å². The molecule has 0 aliphatic heterocycles. The molecular weight excluding hydrogens is 338 g/mol. The van der Waals surface area contributed by atoms with Gasteiger partial charge in [0, 0.05) is 18.0 Å². The van der Waals surface area contributed by atoms with Crippen LogP contribution in [-0.2, 0) is 16.1 Å². The Morgan fingerprint density at radius 3 is 2.62 bits per heavy atom. The fourth-order valence-corrected chi connectivity index (χ4v) is 2.15. The molecule has 26 heavy (non-hydrogen) atoms. The number of hydrogen-bond acceptors (Lipinski definition) is 6. The Kier molecular flexibility index (Phi) is 5.23. The fourth-order valence-electron chi connectivity index (χ4n) is 2.15. The third-order valence-electron chi connectivity index (χ3n) is 3.36. The second-order valence-corrected chi connectivity index (χ2v) is 5.29. The fraction of sp³-hybridized carbons (Fsp3) is 0.111. The first-order valence-electron chi connectivity index (χ1n) is 7.74. The van der Waals surface area contributed by atoms with Gasteiger partial charge in [0.1, 0.15) is 5.76 Å². The lowest BCUT2D eigenvalue weighted by Crippen LogP contribution is -2.34. The highest BCUT2D eigenvalue weighted by molar-refractivity contribution is 6.05. The van der Waals surface area contributed by atoms with Crippen LogP contribution in [0.2, 0.25) is 0 Å². The zero-order valence-electron chi connectivity index (χ0n) is 13.6. The third-order valence-corrected chi connectivity index (χ3v) is 3.36. The number of imide groups is 1. The zero-order valence-corrected chi connectivity index (χ0v) is 13.6. The minimum atomic E-state index is -0.793. The van der Waals surface area contributed by atoms with Gasteiger partial charge in [0.25, 0.3) is 11.8 Å². The molecule has 0 unspecified atom stereocenters. The maximum Gasteiger partial charge on any atom is 0.374 e. The van der Waals surface area contributed by atoms with Gasteiger partial charge >= 0.3 is 5.97 Å². The van der Waals surface area contributed by atoms with E-state index in [0.29, 0.717) is 17.9 Å². The summed E-state index contributed by atoms with van der Waals surface area (Å²) in [5.74, 6) is -1.60. The molecule has 1 N–H and O–H groups in total. The van der Waals surface area contributed by atoms with Crippen molar-refractivity contribution in [1.29, 1.82) is 0 Å². The molecule has 0 atom stereocenters. The van der Waals surface area contributed by atoms with Crippen LogP contribution in [0, 0.1) is 0 Å². The predicted molar refractivity (Wildman–Crippen MR) is 89.2 cm³/mol. The van der Waals surface area contributed by atoms with E-state index in [-0.39, 0.29) is 5.76 Å². The molecule has 3 rings (SSSR count). The standard InChI is InChI=1S/C18H15N3O5/c22-16(20-17(23)13-5-2-1-3-6-13)12-25-18(24)15-8-7-14(26-15)11-21-10-4-9-19-21/h1-10H,11-12H2,(H,20,22,23). The van der Waals surface area contributed by atoms with Crippen LogP contribution in [0.3, 0.4) is 0 Å². The number of furan rings is 1. The summed E-state index contributed by atoms with van der Waals surface area (Å²) < 4.78 is 11.9. The number of rotatable bonds is 6. The van der Waals surface area contributed by atoms with Crippen molar-refractivity contribution < 1.29 is 23.5 Å². The third kappa shape index (κ3) is 4.44. The Morgan fingerprint density at radius 1 is 1.08 bits per heavy atom. The van der Waals surface area contributed by atoms with Gasteiger partial charge in [0.15, 0.2) is 6.61 Å². The molecule has 2 heterocycles. The highest BCUT2D eigenvalue weighted by atomic mass is 16.5. The molecule has 8 heteroatoms. The van der Waals surface area contributed by atoms with Gasteiger partial charge < -0.3 is 9.15 Å². The van der Waals surface area contributed by atoms with Crippen molar-refractivity contribution in [3.05, 3.63) is 78.0 Å². The van der Waals surface area contributed by atoms with Crippen molar-refractivity contribution in [3.8, 4) is 0 Å². The van der Waals surface area contributed by atoms with Gasteiger partial charge in [0.05, 0.1) is 6.54 Å². The van der Waals surface area contributed by atoms with E-state index < -0.39 is 24.4 Å². The van der Waals surface area contributed by atoms with E-state index in [9.17, 15) is 14.4 Å². The lowest BCUT2D eigenvalue weighted by molar-refractivity contribution is -0.123. The number of benzene rings is 1. The second kappa shape index (κ2) is 7.93. The molecule has 8 nitrogen and oxygen atoms in total. The van der Waals surface area contributed by atoms with Gasteiger partial charge in [-0.25, -0.2) is 4.79 Å². The first-order valence-corrected chi connectivity index (χ1v) is 7.74. The smallest absolute Gasteiger partial charge is 0.374 e. The number of amides is 2. The summed E-state index contributed by atoms with van der Waals surface area (Å²) in [7, 11) is 0. The average Bonchev–Trinajstić information content (AvgIpc) is 3.33. The summed E-state index contributed by atoms with van der Waals surface area (Å²) in [4.78, 5) is 35.5. The van der Waals surface area contributed by atoms with Gasteiger partial charge in [-0.1, -0.05) is 18.2 Å². The molecule has 0 saturated heterocycles. The van der Waals surface area contributed by atoms with Gasteiger partial charge in [-0.3, -0.25) is 19.6 Å². The lowest BCUT2D eigenvalue weighted by Gasteiger charge is -2.05. The molecule has 1 aromatic carbocycles. The summed E-state index contributed by atoms with van der Waals surface area (Å²) in [5.41, 5.74) is 0.335. The largest absolute Gasteiger partial charge is 0.452 e. The van der Waals surface area contributed by atoms with Crippen LogP contribution in [0.15, 0.2) is 65.3 Å². The van der Waals surface area contributed by atoms with Crippen LogP contribution < -0.4 is 5.32 Å². The van der Waals surface area contributed by atoms with Crippen LogP contribution >= 0.6 is 0 Å². The first-order chi connectivity index (χ1) is 12.6. The number of nitrogens with zero attached hydrogens (tertiary/aromatic N) is 2. The minimum absolute atomic E-state index is 0.0330. The highest BCUT2D eigenvalue weighted by Crippen LogP contribution is 2.10. The molecule has 0 fully saturated rings. The molecule has 0 spiro atoms. The second-order valence-electron chi connectivity index (χ2n) is 5.29. The first kappa shape index (κ1) is 17.2. The van der Waals surface area contributed by atoms with Crippen molar-refractivity contribution in [2.75, 3.05) is 6.61 Å². The summed E-state index contributed by atoms with van der Waals surface area (Å²) in [5, 5.41) is 6.17. The van der Waals surface area contributed by atoms with E-state index in [4.69, 9.17) is 9.15 Å². The van der Waals surface area contributed by atoms with Gasteiger partial charge in [-0.05, 0) is 30.3 Å². The Hall–Kier alpha value is -3.68. The predicted octanol–water partition coefficient (Wildman–Crippen LogP) is 1.64. The van der Waals surface area contributed by atoms with Crippen LogP contribution in [0.1, 0.15) is 26.7 Å². The molecule has 2 amide bonds. The number of esters is 1. The lowest BCUT2D eigenvalue weighted by atomic mass is 10.2. The van der Waals surface area contributed by atoms with Gasteiger partial charge in [-0.2, -0.15) is 5.10 Å². The number of ether oxygens (including phenoxy) is 1. The Balaban J connectivity index is 1.48. The molecule has 0 aliphatic rings. The molecule has 0 bridgehead atoms. The van der Waals surface area contributed by atoms with Crippen LogP contribution in [-0.4, -0.2) is 34.2 Å². The van der Waals surface area contributed by atoms with Gasteiger partial charge in [-0.15, -0.1) is 0 Å². The maximum absolute atomic E-state index is 11.9. The summed E-state index contributed by atoms with van der Waals surface area (Å²) in [6.07, 6.45) is 3.39. The molecule has 132 valence electrons. The topological polar surface area (TPSA) is 103 Å². The number of carbonyl (C=O) groups excluding carboxylic acids is 3. The maximum atomic E-state index is 11.9. The normalized spacial score (nSPS) is 10.3. The van der Waals surface area contributed by atoms with Crippen molar-refractivity contribution in [2.24, 2.45) is 0 Å². The molecular formula is C18H15N3O5. The molecule has 0 saturated carbocycles. The Bertz CT molecular complexity index is 900. The van der Waals surface area contributed by atoms with Crippen LogP contribution in [0.4, 0.5) is 0 Å². The summed E-state index contributed by atoms with van der Waals surface area (Å²) >= 11 is 0. The van der Waals surface area contributed by atoms with E-state index in [0.717, 1.165) is 0 Å². The number of aromatic nitrogens is 2. The number of nitrogens with one attached hydrogen (secondary N) is 1. The van der Waals surface area contributed by atoms with E-state index >= 15 is 0 Å². The van der Waals surface area contributed by atoms with E-state index in [2.05, 4.69) is 10.4 Å². The highest BCUT2D eigenvalue weighted by Gasteiger charge is 2.16. The minimum Gasteiger partial charge on any atom is -0.452 e. The summed E-state index contributed by atoms with van der Waals surface area (Å²) in [6, 6.07) is 13.1. The van der Waals surface area contributed by atoms with Crippen molar-refractivity contribution in [2.45, 2.75) is 6.54 Å². The monoisotopic (exact) mass is 353 g/mol. The SMILES string of the molecule is O=C(COC(=O)c1ccc(Cn2cccn2)o1)NC(=O)c1ccccc1. The van der Waals surface area contributed by atoms with Crippen molar-refractivity contribution >= 4 is 17.8 Å². The summed E-state index contributed by atoms with van der Waals surface area (Å²) in [6.45, 7) is -0.223. The van der Waals surface area contributed by atoms with E-state index in [1.165, 1.54) is 6.07 Å².